The molecule has 0 aromatic carbocycles. The van der Waals surface area contributed by atoms with Crippen LogP contribution < -0.4 is 0 Å². The highest BCUT2D eigenvalue weighted by molar-refractivity contribution is 9.10. The predicted molar refractivity (Wildman–Crippen MR) is 72.7 cm³/mol. The standard InChI is InChI=1S/C12H14BrNO3S/c13-9-5-10(18-7-9)1-2-11(15)14-4-3-8(6-14)12(16)17/h5,7-8H,1-4,6H2,(H,16,17). The zero-order valence-electron chi connectivity index (χ0n) is 9.76. The lowest BCUT2D eigenvalue weighted by Crippen LogP contribution is -2.30. The van der Waals surface area contributed by atoms with Crippen LogP contribution >= 0.6 is 27.3 Å². The van der Waals surface area contributed by atoms with Gasteiger partial charge < -0.3 is 10.0 Å². The number of aliphatic carboxylic acids is 1. The SMILES string of the molecule is O=C(O)C1CCN(C(=O)CCc2cc(Br)cs2)C1. The number of thiophene rings is 1. The number of hydrogen-bond donors (Lipinski definition) is 1. The van der Waals surface area contributed by atoms with E-state index in [9.17, 15) is 9.59 Å². The topological polar surface area (TPSA) is 57.6 Å². The van der Waals surface area contributed by atoms with Crippen molar-refractivity contribution in [1.82, 2.24) is 4.90 Å². The number of carbonyl (C=O) groups excluding carboxylic acids is 1. The summed E-state index contributed by atoms with van der Waals surface area (Å²) in [5.74, 6) is -1.12. The van der Waals surface area contributed by atoms with E-state index in [4.69, 9.17) is 5.11 Å². The van der Waals surface area contributed by atoms with E-state index in [-0.39, 0.29) is 11.8 Å². The highest BCUT2D eigenvalue weighted by Gasteiger charge is 2.30. The zero-order valence-corrected chi connectivity index (χ0v) is 12.2. The highest BCUT2D eigenvalue weighted by Crippen LogP contribution is 2.22. The predicted octanol–water partition coefficient (Wildman–Crippen LogP) is 2.38. The van der Waals surface area contributed by atoms with Gasteiger partial charge in [0.1, 0.15) is 0 Å². The van der Waals surface area contributed by atoms with Crippen LogP contribution in [0.3, 0.4) is 0 Å². The number of carbonyl (C=O) groups is 2. The van der Waals surface area contributed by atoms with Gasteiger partial charge in [-0.05, 0) is 34.8 Å². The van der Waals surface area contributed by atoms with Crippen molar-refractivity contribution in [2.75, 3.05) is 13.1 Å². The Kier molecular flexibility index (Phi) is 4.40. The second-order valence-electron chi connectivity index (χ2n) is 4.39. The summed E-state index contributed by atoms with van der Waals surface area (Å²) in [6.07, 6.45) is 1.76. The number of aryl methyl sites for hydroxylation is 1. The molecule has 1 saturated heterocycles. The molecule has 2 rings (SSSR count). The van der Waals surface area contributed by atoms with Crippen LogP contribution in [0.1, 0.15) is 17.7 Å². The molecule has 0 saturated carbocycles. The second-order valence-corrected chi connectivity index (χ2v) is 6.31. The van der Waals surface area contributed by atoms with Crippen LogP contribution in [-0.2, 0) is 16.0 Å². The van der Waals surface area contributed by atoms with Gasteiger partial charge in [0.15, 0.2) is 0 Å². The first-order chi connectivity index (χ1) is 8.56. The fraction of sp³-hybridized carbons (Fsp3) is 0.500. The smallest absolute Gasteiger partial charge is 0.308 e. The molecule has 6 heteroatoms. The number of amides is 1. The largest absolute Gasteiger partial charge is 0.481 e. The van der Waals surface area contributed by atoms with E-state index in [2.05, 4.69) is 15.9 Å². The first-order valence-electron chi connectivity index (χ1n) is 5.80. The van der Waals surface area contributed by atoms with E-state index >= 15 is 0 Å². The molecule has 1 aromatic heterocycles. The quantitative estimate of drug-likeness (QED) is 0.921. The van der Waals surface area contributed by atoms with Gasteiger partial charge in [-0.25, -0.2) is 0 Å². The Morgan fingerprint density at radius 2 is 2.33 bits per heavy atom. The molecule has 4 nitrogen and oxygen atoms in total. The fourth-order valence-corrected chi connectivity index (χ4v) is 3.52. The van der Waals surface area contributed by atoms with Crippen LogP contribution in [0, 0.1) is 5.92 Å². The third kappa shape index (κ3) is 3.32. The summed E-state index contributed by atoms with van der Waals surface area (Å²) in [7, 11) is 0. The molecule has 2 heterocycles. The number of halogens is 1. The number of likely N-dealkylation sites (tertiary alicyclic amines) is 1. The van der Waals surface area contributed by atoms with Crippen LogP contribution in [0.25, 0.3) is 0 Å². The normalized spacial score (nSPS) is 19.2. The molecular formula is C12H14BrNO3S. The van der Waals surface area contributed by atoms with Crippen molar-refractivity contribution in [1.29, 1.82) is 0 Å². The Balaban J connectivity index is 1.80. The molecule has 1 N–H and O–H groups in total. The minimum absolute atomic E-state index is 0.0586. The molecule has 0 bridgehead atoms. The Morgan fingerprint density at radius 1 is 1.56 bits per heavy atom. The first-order valence-corrected chi connectivity index (χ1v) is 7.47. The Morgan fingerprint density at radius 3 is 2.89 bits per heavy atom. The Hall–Kier alpha value is -0.880. The van der Waals surface area contributed by atoms with E-state index in [0.29, 0.717) is 25.9 Å². The third-order valence-corrected chi connectivity index (χ3v) is 4.85. The fourth-order valence-electron chi connectivity index (χ4n) is 2.06. The molecule has 1 aromatic rings. The number of carboxylic acid groups (broad SMARTS) is 1. The summed E-state index contributed by atoms with van der Waals surface area (Å²) >= 11 is 5.01. The van der Waals surface area contributed by atoms with Gasteiger partial charge in [-0.1, -0.05) is 0 Å². The van der Waals surface area contributed by atoms with Crippen molar-refractivity contribution in [3.8, 4) is 0 Å². The van der Waals surface area contributed by atoms with Crippen molar-refractivity contribution in [3.05, 3.63) is 20.8 Å². The molecule has 1 aliphatic rings. The van der Waals surface area contributed by atoms with Crippen molar-refractivity contribution >= 4 is 39.1 Å². The Labute approximate surface area is 118 Å². The maximum Gasteiger partial charge on any atom is 0.308 e. The molecule has 0 spiro atoms. The van der Waals surface area contributed by atoms with E-state index in [0.717, 1.165) is 10.9 Å². The molecule has 98 valence electrons. The van der Waals surface area contributed by atoms with E-state index in [1.54, 1.807) is 16.2 Å². The lowest BCUT2D eigenvalue weighted by molar-refractivity contribution is -0.141. The molecule has 1 fully saturated rings. The molecule has 18 heavy (non-hydrogen) atoms. The van der Waals surface area contributed by atoms with Crippen molar-refractivity contribution in [3.63, 3.8) is 0 Å². The van der Waals surface area contributed by atoms with Crippen LogP contribution in [0.4, 0.5) is 0 Å². The summed E-state index contributed by atoms with van der Waals surface area (Å²) in [4.78, 5) is 25.6. The molecule has 1 amide bonds. The van der Waals surface area contributed by atoms with Crippen molar-refractivity contribution in [2.24, 2.45) is 5.92 Å². The third-order valence-electron chi connectivity index (χ3n) is 3.10. The van der Waals surface area contributed by atoms with Crippen LogP contribution in [-0.4, -0.2) is 35.0 Å². The number of carboxylic acids is 1. The molecule has 1 aliphatic heterocycles. The van der Waals surface area contributed by atoms with Crippen molar-refractivity contribution < 1.29 is 14.7 Å². The lowest BCUT2D eigenvalue weighted by Gasteiger charge is -2.15. The lowest BCUT2D eigenvalue weighted by atomic mass is 10.1. The first kappa shape index (κ1) is 13.5. The van der Waals surface area contributed by atoms with E-state index in [1.165, 1.54) is 4.88 Å². The summed E-state index contributed by atoms with van der Waals surface area (Å²) in [6, 6.07) is 2.02. The van der Waals surface area contributed by atoms with Gasteiger partial charge in [-0.2, -0.15) is 0 Å². The van der Waals surface area contributed by atoms with Gasteiger partial charge in [-0.15, -0.1) is 11.3 Å². The van der Waals surface area contributed by atoms with Gasteiger partial charge in [0.2, 0.25) is 5.91 Å². The van der Waals surface area contributed by atoms with Crippen LogP contribution in [0.5, 0.6) is 0 Å². The monoisotopic (exact) mass is 331 g/mol. The molecular weight excluding hydrogens is 318 g/mol. The minimum Gasteiger partial charge on any atom is -0.481 e. The van der Waals surface area contributed by atoms with Crippen LogP contribution in [0.2, 0.25) is 0 Å². The van der Waals surface area contributed by atoms with Gasteiger partial charge in [-0.3, -0.25) is 9.59 Å². The molecule has 1 unspecified atom stereocenters. The average Bonchev–Trinajstić information content (AvgIpc) is 2.94. The zero-order chi connectivity index (χ0) is 13.1. The Bertz CT molecular complexity index is 460. The minimum atomic E-state index is -0.799. The average molecular weight is 332 g/mol. The van der Waals surface area contributed by atoms with Gasteiger partial charge >= 0.3 is 5.97 Å². The highest BCUT2D eigenvalue weighted by atomic mass is 79.9. The van der Waals surface area contributed by atoms with Crippen molar-refractivity contribution in [2.45, 2.75) is 19.3 Å². The van der Waals surface area contributed by atoms with Gasteiger partial charge in [0, 0.05) is 34.2 Å². The summed E-state index contributed by atoms with van der Waals surface area (Å²) in [6.45, 7) is 0.937. The summed E-state index contributed by atoms with van der Waals surface area (Å²) in [5, 5.41) is 10.9. The van der Waals surface area contributed by atoms with E-state index < -0.39 is 5.97 Å². The maximum atomic E-state index is 11.9. The molecule has 0 radical (unpaired) electrons. The van der Waals surface area contributed by atoms with Crippen LogP contribution in [0.15, 0.2) is 15.9 Å². The molecule has 0 aliphatic carbocycles. The van der Waals surface area contributed by atoms with Gasteiger partial charge in [0.05, 0.1) is 5.92 Å². The van der Waals surface area contributed by atoms with Gasteiger partial charge in [0.25, 0.3) is 0 Å². The second kappa shape index (κ2) is 5.84. The maximum absolute atomic E-state index is 11.9. The molecule has 1 atom stereocenters. The number of hydrogen-bond acceptors (Lipinski definition) is 3. The number of nitrogens with zero attached hydrogens (tertiary/aromatic N) is 1. The summed E-state index contributed by atoms with van der Waals surface area (Å²) in [5.41, 5.74) is 0. The van der Waals surface area contributed by atoms with E-state index in [1.807, 2.05) is 11.4 Å². The summed E-state index contributed by atoms with van der Waals surface area (Å²) < 4.78 is 1.04. The number of rotatable bonds is 4.